The van der Waals surface area contributed by atoms with Crippen LogP contribution in [0.5, 0.6) is 0 Å². The fourth-order valence-electron chi connectivity index (χ4n) is 3.24. The molecule has 0 aliphatic carbocycles. The van der Waals surface area contributed by atoms with E-state index >= 15 is 0 Å². The normalized spacial score (nSPS) is 12.6. The van der Waals surface area contributed by atoms with Gasteiger partial charge in [0.1, 0.15) is 0 Å². The molecule has 2 heteroatoms. The zero-order valence-corrected chi connectivity index (χ0v) is 17.1. The van der Waals surface area contributed by atoms with Gasteiger partial charge in [-0.2, -0.15) is 0 Å². The number of hydrogen-bond acceptors (Lipinski definition) is 1. The summed E-state index contributed by atoms with van der Waals surface area (Å²) in [6.07, 6.45) is 0. The fourth-order valence-corrected chi connectivity index (χ4v) is 4.39. The highest BCUT2D eigenvalue weighted by Crippen LogP contribution is 2.26. The monoisotopic (exact) mass is 339 g/mol. The van der Waals surface area contributed by atoms with Gasteiger partial charge >= 0.3 is 0 Å². The Bertz CT molecular complexity index is 761. The lowest BCUT2D eigenvalue weighted by molar-refractivity contribution is -0.207. The maximum atomic E-state index is 12.9. The number of hydrogen-bond donors (Lipinski definition) is 0. The topological polar surface area (TPSA) is 23.1 Å². The van der Waals surface area contributed by atoms with Crippen molar-refractivity contribution in [2.24, 2.45) is 0 Å². The van der Waals surface area contributed by atoms with Gasteiger partial charge in [0, 0.05) is 5.30 Å². The summed E-state index contributed by atoms with van der Waals surface area (Å²) in [4.78, 5) is 0. The van der Waals surface area contributed by atoms with Crippen LogP contribution < -0.4 is 10.4 Å². The molecule has 0 aliphatic rings. The number of benzene rings is 2. The van der Waals surface area contributed by atoms with Crippen LogP contribution in [0.1, 0.15) is 59.7 Å². The third-order valence-corrected chi connectivity index (χ3v) is 5.82. The minimum absolute atomic E-state index is 0.124. The minimum atomic E-state index is 0.124. The van der Waals surface area contributed by atoms with Crippen LogP contribution in [0, 0.1) is 34.6 Å². The standard InChI is InChI=1S/C22H29OP/c1-13-9-14(2)19(15(3)10-13)21(23)24-20-16(4)11-18(12-17(20)5)22(6,7)8/h9-12,23H,1-8H3/p-1. The molecule has 0 amide bonds. The Labute approximate surface area is 148 Å². The average Bonchev–Trinajstić information content (AvgIpc) is 2.40. The Morgan fingerprint density at radius 2 is 1.25 bits per heavy atom. The van der Waals surface area contributed by atoms with Crippen LogP contribution in [0.2, 0.25) is 0 Å². The summed E-state index contributed by atoms with van der Waals surface area (Å²) in [6, 6.07) is 8.66. The third-order valence-electron chi connectivity index (χ3n) is 4.46. The van der Waals surface area contributed by atoms with E-state index in [2.05, 4.69) is 65.8 Å². The predicted molar refractivity (Wildman–Crippen MR) is 106 cm³/mol. The molecule has 128 valence electrons. The van der Waals surface area contributed by atoms with Gasteiger partial charge in [0.15, 0.2) is 0 Å². The Morgan fingerprint density at radius 3 is 1.67 bits per heavy atom. The number of rotatable bonds is 2. The molecule has 2 rings (SSSR count). The van der Waals surface area contributed by atoms with E-state index in [4.69, 9.17) is 0 Å². The highest BCUT2D eigenvalue weighted by molar-refractivity contribution is 7.49. The first-order valence-corrected chi connectivity index (χ1v) is 9.36. The second-order valence-electron chi connectivity index (χ2n) is 7.90. The molecule has 0 atom stereocenters. The maximum Gasteiger partial charge on any atom is 0.00668 e. The smallest absolute Gasteiger partial charge is 0.00668 e. The largest absolute Gasteiger partial charge is 0.823 e. The summed E-state index contributed by atoms with van der Waals surface area (Å²) in [5, 5.41) is 14.1. The Balaban J connectivity index is 2.56. The van der Waals surface area contributed by atoms with E-state index in [1.54, 1.807) is 0 Å². The van der Waals surface area contributed by atoms with Crippen molar-refractivity contribution in [2.75, 3.05) is 0 Å². The zero-order valence-electron chi connectivity index (χ0n) is 16.2. The van der Waals surface area contributed by atoms with Crippen LogP contribution >= 0.6 is 8.20 Å². The van der Waals surface area contributed by atoms with Gasteiger partial charge in [-0.3, -0.25) is 0 Å². The van der Waals surface area contributed by atoms with Crippen molar-refractivity contribution >= 4 is 19.0 Å². The fraction of sp³-hybridized carbons (Fsp3) is 0.409. The van der Waals surface area contributed by atoms with Gasteiger partial charge in [-0.15, -0.1) is 5.48 Å². The maximum absolute atomic E-state index is 12.9. The van der Waals surface area contributed by atoms with Crippen molar-refractivity contribution < 1.29 is 5.11 Å². The average molecular weight is 339 g/mol. The quantitative estimate of drug-likeness (QED) is 0.731. The molecule has 0 saturated heterocycles. The summed E-state index contributed by atoms with van der Waals surface area (Å²) >= 11 is 0. The van der Waals surface area contributed by atoms with E-state index in [0.717, 1.165) is 30.2 Å². The van der Waals surface area contributed by atoms with Crippen LogP contribution in [0.25, 0.3) is 0 Å². The van der Waals surface area contributed by atoms with E-state index < -0.39 is 0 Å². The highest BCUT2D eigenvalue weighted by atomic mass is 31.1. The molecule has 24 heavy (non-hydrogen) atoms. The number of aryl methyl sites for hydroxylation is 5. The minimum Gasteiger partial charge on any atom is -0.823 e. The first-order chi connectivity index (χ1) is 11.0. The molecule has 2 aromatic carbocycles. The van der Waals surface area contributed by atoms with Crippen molar-refractivity contribution in [3.63, 3.8) is 0 Å². The van der Waals surface area contributed by atoms with Gasteiger partial charge in [-0.1, -0.05) is 58.8 Å². The van der Waals surface area contributed by atoms with E-state index in [-0.39, 0.29) is 10.9 Å². The lowest BCUT2D eigenvalue weighted by Crippen LogP contribution is -2.22. The van der Waals surface area contributed by atoms with Crippen molar-refractivity contribution in [3.8, 4) is 0 Å². The lowest BCUT2D eigenvalue weighted by Gasteiger charge is -2.23. The second kappa shape index (κ2) is 6.82. The Hall–Kier alpha value is -1.43. The van der Waals surface area contributed by atoms with Crippen LogP contribution in [0.3, 0.4) is 0 Å². The molecule has 1 nitrogen and oxygen atoms in total. The summed E-state index contributed by atoms with van der Waals surface area (Å²) < 4.78 is 0. The Morgan fingerprint density at radius 1 is 0.792 bits per heavy atom. The molecule has 0 bridgehead atoms. The van der Waals surface area contributed by atoms with Gasteiger partial charge in [0.2, 0.25) is 0 Å². The van der Waals surface area contributed by atoms with Gasteiger partial charge in [-0.05, 0) is 73.4 Å². The van der Waals surface area contributed by atoms with E-state index in [9.17, 15) is 5.11 Å². The van der Waals surface area contributed by atoms with E-state index in [1.807, 2.05) is 13.8 Å². The van der Waals surface area contributed by atoms with E-state index in [0.29, 0.717) is 0 Å². The van der Waals surface area contributed by atoms with Crippen LogP contribution in [0.4, 0.5) is 0 Å². The molecule has 2 aromatic rings. The van der Waals surface area contributed by atoms with Crippen LogP contribution in [0.15, 0.2) is 24.3 Å². The van der Waals surface area contributed by atoms with Crippen molar-refractivity contribution in [1.82, 2.24) is 0 Å². The molecule has 0 heterocycles. The molecule has 0 radical (unpaired) electrons. The molecule has 0 spiro atoms. The first kappa shape index (κ1) is 18.9. The molecule has 0 N–H and O–H groups in total. The van der Waals surface area contributed by atoms with Gasteiger partial charge < -0.3 is 5.11 Å². The summed E-state index contributed by atoms with van der Waals surface area (Å²) in [5.41, 5.74) is 8.29. The first-order valence-electron chi connectivity index (χ1n) is 8.46. The van der Waals surface area contributed by atoms with Gasteiger partial charge in [-0.25, -0.2) is 0 Å². The summed E-state index contributed by atoms with van der Waals surface area (Å²) in [7, 11) is 0.774. The van der Waals surface area contributed by atoms with Crippen LogP contribution in [-0.4, -0.2) is 5.48 Å². The molecular weight excluding hydrogens is 311 g/mol. The summed E-state index contributed by atoms with van der Waals surface area (Å²) in [5.74, 6) is 0. The van der Waals surface area contributed by atoms with Crippen molar-refractivity contribution in [1.29, 1.82) is 0 Å². The Kier molecular flexibility index (Phi) is 5.37. The molecule has 0 fully saturated rings. The van der Waals surface area contributed by atoms with Gasteiger partial charge in [0.25, 0.3) is 0 Å². The highest BCUT2D eigenvalue weighted by Gasteiger charge is 2.16. The van der Waals surface area contributed by atoms with Crippen molar-refractivity contribution in [2.45, 2.75) is 60.8 Å². The van der Waals surface area contributed by atoms with Crippen LogP contribution in [-0.2, 0) is 5.41 Å². The van der Waals surface area contributed by atoms with Gasteiger partial charge in [0.05, 0.1) is 0 Å². The zero-order chi connectivity index (χ0) is 18.2. The van der Waals surface area contributed by atoms with Crippen molar-refractivity contribution in [3.05, 3.63) is 63.2 Å². The molecular formula is C22H28OP-. The molecule has 0 saturated carbocycles. The van der Waals surface area contributed by atoms with E-state index in [1.165, 1.54) is 22.3 Å². The second-order valence-corrected chi connectivity index (χ2v) is 8.98. The summed E-state index contributed by atoms with van der Waals surface area (Å²) in [6.45, 7) is 17.1. The SMILES string of the molecule is Cc1cc(C)c(C([O-])=Pc2c(C)cc(C(C)(C)C)cc2C)c(C)c1. The lowest BCUT2D eigenvalue weighted by atomic mass is 9.85. The third kappa shape index (κ3) is 3.97. The molecule has 0 aliphatic heterocycles. The predicted octanol–water partition coefficient (Wildman–Crippen LogP) is 4.64. The molecule has 0 unspecified atom stereocenters. The molecule has 0 aromatic heterocycles.